The smallest absolute Gasteiger partial charge is 0.127 e. The number of ether oxygens (including phenoxy) is 1. The van der Waals surface area contributed by atoms with Crippen LogP contribution in [-0.4, -0.2) is 7.11 Å². The van der Waals surface area contributed by atoms with Gasteiger partial charge in [0.1, 0.15) is 5.75 Å². The molecule has 0 heterocycles. The minimum Gasteiger partial charge on any atom is -0.496 e. The third-order valence-electron chi connectivity index (χ3n) is 1.39. The molecule has 0 aliphatic rings. The van der Waals surface area contributed by atoms with Crippen molar-refractivity contribution >= 4 is 11.6 Å². The Morgan fingerprint density at radius 2 is 2.45 bits per heavy atom. The van der Waals surface area contributed by atoms with E-state index in [0.717, 1.165) is 5.56 Å². The van der Waals surface area contributed by atoms with Gasteiger partial charge in [0, 0.05) is 17.6 Å². The SMILES string of the molecule is COc1[c]cc(Cl)c(CN)c1. The van der Waals surface area contributed by atoms with Gasteiger partial charge in [0.2, 0.25) is 0 Å². The second-order valence-corrected chi connectivity index (χ2v) is 2.49. The molecule has 0 aliphatic carbocycles. The normalized spacial score (nSPS) is 9.73. The van der Waals surface area contributed by atoms with E-state index in [4.69, 9.17) is 22.1 Å². The van der Waals surface area contributed by atoms with Crippen molar-refractivity contribution in [2.75, 3.05) is 7.11 Å². The van der Waals surface area contributed by atoms with Crippen molar-refractivity contribution in [3.8, 4) is 5.75 Å². The summed E-state index contributed by atoms with van der Waals surface area (Å²) < 4.78 is 4.94. The lowest BCUT2D eigenvalue weighted by atomic mass is 10.2. The van der Waals surface area contributed by atoms with Crippen LogP contribution in [0, 0.1) is 6.07 Å². The van der Waals surface area contributed by atoms with E-state index in [1.807, 2.05) is 0 Å². The first kappa shape index (κ1) is 8.37. The molecule has 0 spiro atoms. The summed E-state index contributed by atoms with van der Waals surface area (Å²) >= 11 is 5.79. The Bertz CT molecular complexity index is 250. The first-order chi connectivity index (χ1) is 5.27. The lowest BCUT2D eigenvalue weighted by Crippen LogP contribution is -1.97. The van der Waals surface area contributed by atoms with E-state index in [-0.39, 0.29) is 0 Å². The van der Waals surface area contributed by atoms with Gasteiger partial charge in [-0.15, -0.1) is 0 Å². The molecule has 59 valence electrons. The topological polar surface area (TPSA) is 35.2 Å². The summed E-state index contributed by atoms with van der Waals surface area (Å²) in [5, 5.41) is 0.633. The minimum atomic E-state index is 0.421. The monoisotopic (exact) mass is 170 g/mol. The molecule has 1 aromatic rings. The highest BCUT2D eigenvalue weighted by atomic mass is 35.5. The molecule has 0 amide bonds. The van der Waals surface area contributed by atoms with Crippen LogP contribution in [0.3, 0.4) is 0 Å². The maximum absolute atomic E-state index is 5.79. The molecular formula is C8H9ClNO. The Morgan fingerprint density at radius 1 is 1.73 bits per heavy atom. The largest absolute Gasteiger partial charge is 0.496 e. The van der Waals surface area contributed by atoms with Crippen LogP contribution in [0.1, 0.15) is 5.56 Å². The van der Waals surface area contributed by atoms with Crippen LogP contribution in [0.25, 0.3) is 0 Å². The lowest BCUT2D eigenvalue weighted by Gasteiger charge is -2.03. The highest BCUT2D eigenvalue weighted by Gasteiger charge is 1.99. The standard InChI is InChI=1S/C8H9ClNO/c1-11-7-2-3-8(9)6(4-7)5-10/h3-4H,5,10H2,1H3. The Kier molecular flexibility index (Phi) is 2.74. The number of hydrogen-bond donors (Lipinski definition) is 1. The molecule has 2 N–H and O–H groups in total. The van der Waals surface area contributed by atoms with Crippen molar-refractivity contribution in [1.82, 2.24) is 0 Å². The molecule has 0 bridgehead atoms. The maximum atomic E-state index is 5.79. The van der Waals surface area contributed by atoms with Crippen LogP contribution in [-0.2, 0) is 6.54 Å². The summed E-state index contributed by atoms with van der Waals surface area (Å²) in [4.78, 5) is 0. The molecule has 2 nitrogen and oxygen atoms in total. The van der Waals surface area contributed by atoms with Gasteiger partial charge in [-0.3, -0.25) is 0 Å². The molecule has 0 fully saturated rings. The second-order valence-electron chi connectivity index (χ2n) is 2.08. The highest BCUT2D eigenvalue weighted by Crippen LogP contribution is 2.20. The fourth-order valence-electron chi connectivity index (χ4n) is 0.770. The van der Waals surface area contributed by atoms with Crippen LogP contribution in [0.15, 0.2) is 12.1 Å². The summed E-state index contributed by atoms with van der Waals surface area (Å²) in [7, 11) is 1.58. The molecule has 0 aromatic heterocycles. The van der Waals surface area contributed by atoms with E-state index in [1.165, 1.54) is 0 Å². The average molecular weight is 171 g/mol. The van der Waals surface area contributed by atoms with Gasteiger partial charge in [-0.05, 0) is 17.7 Å². The molecule has 0 atom stereocenters. The molecule has 1 rings (SSSR count). The predicted octanol–water partition coefficient (Wildman–Crippen LogP) is 1.61. The molecule has 11 heavy (non-hydrogen) atoms. The molecule has 0 unspecified atom stereocenters. The van der Waals surface area contributed by atoms with Crippen molar-refractivity contribution in [2.24, 2.45) is 5.73 Å². The molecule has 1 aromatic carbocycles. The van der Waals surface area contributed by atoms with Crippen molar-refractivity contribution in [3.63, 3.8) is 0 Å². The van der Waals surface area contributed by atoms with Crippen molar-refractivity contribution in [3.05, 3.63) is 28.8 Å². The molecule has 3 heteroatoms. The molecule has 0 aliphatic heterocycles. The van der Waals surface area contributed by atoms with Crippen LogP contribution in [0.2, 0.25) is 5.02 Å². The summed E-state index contributed by atoms with van der Waals surface area (Å²) in [6, 6.07) is 6.29. The number of hydrogen-bond acceptors (Lipinski definition) is 2. The molecular weight excluding hydrogens is 162 g/mol. The zero-order valence-corrected chi connectivity index (χ0v) is 6.98. The third kappa shape index (κ3) is 1.85. The fraction of sp³-hybridized carbons (Fsp3) is 0.250. The van der Waals surface area contributed by atoms with Crippen LogP contribution in [0.5, 0.6) is 5.75 Å². The van der Waals surface area contributed by atoms with Gasteiger partial charge in [0.25, 0.3) is 0 Å². The van der Waals surface area contributed by atoms with Gasteiger partial charge in [-0.1, -0.05) is 11.6 Å². The highest BCUT2D eigenvalue weighted by molar-refractivity contribution is 6.31. The fourth-order valence-corrected chi connectivity index (χ4v) is 0.957. The minimum absolute atomic E-state index is 0.421. The number of halogens is 1. The van der Waals surface area contributed by atoms with Crippen molar-refractivity contribution in [1.29, 1.82) is 0 Å². The van der Waals surface area contributed by atoms with Gasteiger partial charge in [0.15, 0.2) is 0 Å². The van der Waals surface area contributed by atoms with Gasteiger partial charge in [-0.25, -0.2) is 0 Å². The van der Waals surface area contributed by atoms with Crippen LogP contribution in [0.4, 0.5) is 0 Å². The number of rotatable bonds is 2. The summed E-state index contributed by atoms with van der Waals surface area (Å²) in [5.74, 6) is 0.662. The summed E-state index contributed by atoms with van der Waals surface area (Å²) in [6.45, 7) is 0.421. The van der Waals surface area contributed by atoms with E-state index in [9.17, 15) is 0 Å². The average Bonchev–Trinajstić information content (AvgIpc) is 2.05. The van der Waals surface area contributed by atoms with E-state index in [1.54, 1.807) is 19.2 Å². The molecule has 0 saturated carbocycles. The van der Waals surface area contributed by atoms with Crippen molar-refractivity contribution in [2.45, 2.75) is 6.54 Å². The van der Waals surface area contributed by atoms with Crippen molar-refractivity contribution < 1.29 is 4.74 Å². The van der Waals surface area contributed by atoms with Gasteiger partial charge in [0.05, 0.1) is 7.11 Å². The van der Waals surface area contributed by atoms with Gasteiger partial charge >= 0.3 is 0 Å². The zero-order chi connectivity index (χ0) is 8.27. The Labute approximate surface area is 70.9 Å². The Balaban J connectivity index is 3.02. The van der Waals surface area contributed by atoms with Crippen LogP contribution < -0.4 is 10.5 Å². The Hall–Kier alpha value is -0.730. The van der Waals surface area contributed by atoms with E-state index < -0.39 is 0 Å². The van der Waals surface area contributed by atoms with E-state index >= 15 is 0 Å². The molecule has 0 saturated heterocycles. The lowest BCUT2D eigenvalue weighted by molar-refractivity contribution is 0.413. The number of benzene rings is 1. The first-order valence-electron chi connectivity index (χ1n) is 3.22. The van der Waals surface area contributed by atoms with E-state index in [2.05, 4.69) is 6.07 Å². The van der Waals surface area contributed by atoms with Gasteiger partial charge < -0.3 is 10.5 Å². The molecule has 1 radical (unpaired) electrons. The summed E-state index contributed by atoms with van der Waals surface area (Å²) in [5.41, 5.74) is 6.30. The first-order valence-corrected chi connectivity index (χ1v) is 3.60. The quantitative estimate of drug-likeness (QED) is 0.732. The van der Waals surface area contributed by atoms with Crippen LogP contribution >= 0.6 is 11.6 Å². The van der Waals surface area contributed by atoms with Gasteiger partial charge in [-0.2, -0.15) is 0 Å². The third-order valence-corrected chi connectivity index (χ3v) is 1.74. The second kappa shape index (κ2) is 3.60. The summed E-state index contributed by atoms with van der Waals surface area (Å²) in [6.07, 6.45) is 0. The Morgan fingerprint density at radius 3 is 3.00 bits per heavy atom. The zero-order valence-electron chi connectivity index (χ0n) is 6.23. The number of nitrogens with two attached hydrogens (primary N) is 1. The maximum Gasteiger partial charge on any atom is 0.127 e. The predicted molar refractivity (Wildman–Crippen MR) is 44.7 cm³/mol. The number of methoxy groups -OCH3 is 1. The van der Waals surface area contributed by atoms with E-state index in [0.29, 0.717) is 17.3 Å².